The largest absolute Gasteiger partial charge is 0.481 e. The molecule has 0 unspecified atom stereocenters. The van der Waals surface area contributed by atoms with Crippen molar-refractivity contribution in [1.29, 1.82) is 0 Å². The minimum Gasteiger partial charge on any atom is -0.481 e. The predicted molar refractivity (Wildman–Crippen MR) is 157 cm³/mol. The number of fused-ring (bicyclic) bond motifs is 1. The number of carbonyl (C=O) groups excluding carboxylic acids is 1. The van der Waals surface area contributed by atoms with Gasteiger partial charge in [-0.2, -0.15) is 0 Å². The van der Waals surface area contributed by atoms with Crippen LogP contribution in [0.4, 0.5) is 15.9 Å². The van der Waals surface area contributed by atoms with E-state index in [4.69, 9.17) is 15.5 Å². The molecule has 12 nitrogen and oxygen atoms in total. The van der Waals surface area contributed by atoms with Crippen molar-refractivity contribution in [1.82, 2.24) is 24.9 Å². The van der Waals surface area contributed by atoms with Crippen LogP contribution in [-0.4, -0.2) is 68.8 Å². The number of hydrogen-bond donors (Lipinski definition) is 2. The average Bonchev–Trinajstić information content (AvgIpc) is 3.41. The first-order valence-corrected chi connectivity index (χ1v) is 14.3. The van der Waals surface area contributed by atoms with E-state index in [0.717, 1.165) is 27.8 Å². The number of urea groups is 1. The summed E-state index contributed by atoms with van der Waals surface area (Å²) < 4.78 is 6.15. The van der Waals surface area contributed by atoms with Crippen molar-refractivity contribution < 1.29 is 19.4 Å². The number of carbonyl (C=O) groups is 2. The van der Waals surface area contributed by atoms with Gasteiger partial charge in [0, 0.05) is 49.2 Å². The highest BCUT2D eigenvalue weighted by Gasteiger charge is 2.41. The smallest absolute Gasteiger partial charge is 0.321 e. The van der Waals surface area contributed by atoms with Crippen LogP contribution < -0.4 is 20.3 Å². The first kappa shape index (κ1) is 28.1. The van der Waals surface area contributed by atoms with E-state index in [1.54, 1.807) is 25.6 Å². The van der Waals surface area contributed by atoms with Crippen molar-refractivity contribution in [3.8, 4) is 28.3 Å². The van der Waals surface area contributed by atoms with Crippen molar-refractivity contribution >= 4 is 44.6 Å². The molecule has 1 aromatic carbocycles. The van der Waals surface area contributed by atoms with Crippen molar-refractivity contribution in [2.24, 2.45) is 11.1 Å². The van der Waals surface area contributed by atoms with E-state index >= 15 is 0 Å². The summed E-state index contributed by atoms with van der Waals surface area (Å²) in [5.41, 5.74) is 8.63. The normalized spacial score (nSPS) is 14.7. The molecule has 1 fully saturated rings. The van der Waals surface area contributed by atoms with Crippen molar-refractivity contribution in [2.75, 3.05) is 36.5 Å². The zero-order valence-corrected chi connectivity index (χ0v) is 24.0. The number of hydrogen-bond acceptors (Lipinski definition) is 10. The molecule has 3 N–H and O–H groups in total. The number of nitrogens with two attached hydrogens (primary N) is 1. The fourth-order valence-electron chi connectivity index (χ4n) is 5.29. The Balaban J connectivity index is 1.50. The number of primary amides is 1. The Kier molecular flexibility index (Phi) is 7.97. The molecule has 4 aromatic rings. The van der Waals surface area contributed by atoms with Crippen LogP contribution in [0.5, 0.6) is 5.88 Å². The molecule has 0 radical (unpaired) electrons. The Labute approximate surface area is 241 Å². The standard InChI is InChI=1S/C28H32N8O4S/c1-4-6-28(24(37)38)7-9-35(10-8-28)26-30-14-18(15-31-26)17-11-19(20-13-22(40-3)33-16-32-20)23-21(12-17)34-27(41-23)36(5-2)25(29)39/h11-16H,4-10H2,1-3H3,(H2,29,39)(H,37,38). The fraction of sp³-hybridized carbons (Fsp3) is 0.393. The molecule has 0 aliphatic carbocycles. The van der Waals surface area contributed by atoms with Gasteiger partial charge >= 0.3 is 12.0 Å². The second-order valence-corrected chi connectivity index (χ2v) is 11.0. The van der Waals surface area contributed by atoms with E-state index in [1.165, 1.54) is 22.6 Å². The maximum absolute atomic E-state index is 12.0. The van der Waals surface area contributed by atoms with Crippen LogP contribution in [0.1, 0.15) is 39.5 Å². The van der Waals surface area contributed by atoms with Crippen LogP contribution in [0, 0.1) is 5.41 Å². The van der Waals surface area contributed by atoms with Crippen LogP contribution in [0.3, 0.4) is 0 Å². The van der Waals surface area contributed by atoms with Gasteiger partial charge in [0.05, 0.1) is 28.4 Å². The van der Waals surface area contributed by atoms with E-state index in [-0.39, 0.29) is 0 Å². The lowest BCUT2D eigenvalue weighted by atomic mass is 9.75. The molecule has 0 bridgehead atoms. The van der Waals surface area contributed by atoms with Crippen LogP contribution in [0.2, 0.25) is 0 Å². The summed E-state index contributed by atoms with van der Waals surface area (Å²) in [6.45, 7) is 5.42. The lowest BCUT2D eigenvalue weighted by molar-refractivity contribution is -0.150. The molecule has 0 atom stereocenters. The first-order chi connectivity index (χ1) is 19.8. The highest BCUT2D eigenvalue weighted by molar-refractivity contribution is 7.23. The number of carboxylic acids is 1. The van der Waals surface area contributed by atoms with Gasteiger partial charge in [-0.3, -0.25) is 9.69 Å². The van der Waals surface area contributed by atoms with Gasteiger partial charge in [0.25, 0.3) is 0 Å². The zero-order valence-electron chi connectivity index (χ0n) is 23.2. The van der Waals surface area contributed by atoms with Gasteiger partial charge in [-0.05, 0) is 43.9 Å². The highest BCUT2D eigenvalue weighted by atomic mass is 32.1. The van der Waals surface area contributed by atoms with Gasteiger partial charge < -0.3 is 20.5 Å². The molecule has 2 amide bonds. The summed E-state index contributed by atoms with van der Waals surface area (Å²) in [5.74, 6) is 0.276. The Morgan fingerprint density at radius 1 is 1.10 bits per heavy atom. The lowest BCUT2D eigenvalue weighted by Gasteiger charge is -2.38. The maximum Gasteiger partial charge on any atom is 0.321 e. The predicted octanol–water partition coefficient (Wildman–Crippen LogP) is 4.60. The van der Waals surface area contributed by atoms with E-state index < -0.39 is 17.4 Å². The number of thiazole rings is 1. The third kappa shape index (κ3) is 5.49. The Morgan fingerprint density at radius 3 is 2.44 bits per heavy atom. The number of methoxy groups -OCH3 is 1. The molecular formula is C28H32N8O4S. The Morgan fingerprint density at radius 2 is 1.83 bits per heavy atom. The van der Waals surface area contributed by atoms with Crippen molar-refractivity contribution in [2.45, 2.75) is 39.5 Å². The second kappa shape index (κ2) is 11.6. The summed E-state index contributed by atoms with van der Waals surface area (Å²) >= 11 is 1.36. The number of amides is 2. The molecule has 0 saturated carbocycles. The number of ether oxygens (including phenoxy) is 1. The van der Waals surface area contributed by atoms with E-state index in [2.05, 4.69) is 19.9 Å². The molecule has 0 spiro atoms. The number of nitrogens with zero attached hydrogens (tertiary/aromatic N) is 7. The zero-order chi connectivity index (χ0) is 29.1. The van der Waals surface area contributed by atoms with Crippen LogP contribution in [0.15, 0.2) is 36.9 Å². The molecular weight excluding hydrogens is 544 g/mol. The van der Waals surface area contributed by atoms with Gasteiger partial charge in [0.15, 0.2) is 5.13 Å². The molecule has 1 aliphatic rings. The fourth-order valence-corrected chi connectivity index (χ4v) is 6.43. The number of rotatable bonds is 9. The number of carboxylic acid groups (broad SMARTS) is 1. The molecule has 3 aromatic heterocycles. The van der Waals surface area contributed by atoms with Gasteiger partial charge in [0.2, 0.25) is 11.8 Å². The van der Waals surface area contributed by atoms with Gasteiger partial charge in [-0.25, -0.2) is 29.7 Å². The number of piperidine rings is 1. The number of aliphatic carboxylic acids is 1. The summed E-state index contributed by atoms with van der Waals surface area (Å²) in [4.78, 5) is 50.0. The number of benzene rings is 1. The Hall–Kier alpha value is -4.39. The molecule has 5 rings (SSSR count). The Bertz CT molecular complexity index is 1570. The molecule has 41 heavy (non-hydrogen) atoms. The van der Waals surface area contributed by atoms with E-state index in [9.17, 15) is 14.7 Å². The highest BCUT2D eigenvalue weighted by Crippen LogP contribution is 2.40. The third-order valence-corrected chi connectivity index (χ3v) is 8.70. The van der Waals surface area contributed by atoms with Gasteiger partial charge in [-0.15, -0.1) is 0 Å². The number of anilines is 2. The van der Waals surface area contributed by atoms with Crippen molar-refractivity contribution in [3.63, 3.8) is 0 Å². The van der Waals surface area contributed by atoms with Gasteiger partial charge in [-0.1, -0.05) is 24.7 Å². The van der Waals surface area contributed by atoms with E-state index in [0.29, 0.717) is 67.1 Å². The second-order valence-electron chi connectivity index (χ2n) is 9.99. The van der Waals surface area contributed by atoms with Gasteiger partial charge in [0.1, 0.15) is 6.33 Å². The molecule has 1 saturated heterocycles. The summed E-state index contributed by atoms with van der Waals surface area (Å²) in [7, 11) is 1.54. The van der Waals surface area contributed by atoms with Crippen LogP contribution in [0.25, 0.3) is 32.6 Å². The SMILES string of the molecule is CCCC1(C(=O)O)CCN(c2ncc(-c3cc(-c4cc(OC)ncn4)c4sc(N(CC)C(N)=O)nc4c3)cn2)CC1. The topological polar surface area (TPSA) is 161 Å². The first-order valence-electron chi connectivity index (χ1n) is 13.5. The maximum atomic E-state index is 12.0. The molecule has 1 aliphatic heterocycles. The number of aromatic nitrogens is 5. The quantitative estimate of drug-likeness (QED) is 0.288. The van der Waals surface area contributed by atoms with E-state index in [1.807, 2.05) is 30.9 Å². The summed E-state index contributed by atoms with van der Waals surface area (Å²) in [5, 5.41) is 10.3. The van der Waals surface area contributed by atoms with Crippen LogP contribution >= 0.6 is 11.3 Å². The van der Waals surface area contributed by atoms with Crippen molar-refractivity contribution in [3.05, 3.63) is 36.9 Å². The summed E-state index contributed by atoms with van der Waals surface area (Å²) in [6.07, 6.45) is 7.60. The molecule has 214 valence electrons. The minimum atomic E-state index is -0.717. The molecule has 4 heterocycles. The minimum absolute atomic E-state index is 0.385. The summed E-state index contributed by atoms with van der Waals surface area (Å²) in [6, 6.07) is 5.08. The molecule has 13 heteroatoms. The average molecular weight is 577 g/mol. The van der Waals surface area contributed by atoms with Crippen LogP contribution in [-0.2, 0) is 4.79 Å². The monoisotopic (exact) mass is 576 g/mol. The lowest BCUT2D eigenvalue weighted by Crippen LogP contribution is -2.45. The third-order valence-electron chi connectivity index (χ3n) is 7.58.